The van der Waals surface area contributed by atoms with Gasteiger partial charge in [-0.05, 0) is 30.4 Å². The maximum Gasteiger partial charge on any atom is 0.0924 e. The molecular formula is C14H20O. The van der Waals surface area contributed by atoms with Crippen LogP contribution in [0.15, 0.2) is 24.3 Å². The lowest BCUT2D eigenvalue weighted by molar-refractivity contribution is -0.0952. The van der Waals surface area contributed by atoms with E-state index in [9.17, 15) is 5.11 Å². The minimum atomic E-state index is -0.721. The van der Waals surface area contributed by atoms with E-state index in [4.69, 9.17) is 0 Å². The maximum absolute atomic E-state index is 10.7. The highest BCUT2D eigenvalue weighted by Crippen LogP contribution is 2.50. The molecule has 1 aromatic carbocycles. The van der Waals surface area contributed by atoms with E-state index in [2.05, 4.69) is 39.0 Å². The Morgan fingerprint density at radius 2 is 1.80 bits per heavy atom. The van der Waals surface area contributed by atoms with Gasteiger partial charge in [0.05, 0.1) is 5.60 Å². The van der Waals surface area contributed by atoms with E-state index in [1.807, 2.05) is 13.0 Å². The van der Waals surface area contributed by atoms with Gasteiger partial charge in [0, 0.05) is 5.41 Å². The molecule has 15 heavy (non-hydrogen) atoms. The molecule has 0 bridgehead atoms. The Hall–Kier alpha value is -0.820. The minimum Gasteiger partial charge on any atom is -0.385 e. The normalized spacial score (nSPS) is 33.5. The molecule has 0 aliphatic heterocycles. The molecule has 2 rings (SSSR count). The van der Waals surface area contributed by atoms with Gasteiger partial charge in [0.1, 0.15) is 0 Å². The third-order valence-corrected chi connectivity index (χ3v) is 4.55. The second-order valence-electron chi connectivity index (χ2n) is 5.56. The van der Waals surface area contributed by atoms with Crippen LogP contribution in [0, 0.1) is 11.3 Å². The predicted molar refractivity (Wildman–Crippen MR) is 62.7 cm³/mol. The number of rotatable bonds is 0. The Kier molecular flexibility index (Phi) is 2.20. The van der Waals surface area contributed by atoms with Crippen molar-refractivity contribution >= 4 is 0 Å². The van der Waals surface area contributed by atoms with Crippen LogP contribution in [-0.2, 0) is 12.0 Å². The zero-order chi connectivity index (χ0) is 11.3. The first kappa shape index (κ1) is 10.7. The molecule has 1 heteroatoms. The van der Waals surface area contributed by atoms with Gasteiger partial charge in [0.25, 0.3) is 0 Å². The van der Waals surface area contributed by atoms with E-state index in [0.29, 0.717) is 5.92 Å². The van der Waals surface area contributed by atoms with Gasteiger partial charge in [0.2, 0.25) is 0 Å². The van der Waals surface area contributed by atoms with E-state index in [-0.39, 0.29) is 5.41 Å². The summed E-state index contributed by atoms with van der Waals surface area (Å²) in [5.41, 5.74) is 1.62. The number of benzene rings is 1. The molecule has 0 heterocycles. The van der Waals surface area contributed by atoms with Crippen LogP contribution in [-0.4, -0.2) is 5.11 Å². The largest absolute Gasteiger partial charge is 0.385 e. The topological polar surface area (TPSA) is 20.2 Å². The van der Waals surface area contributed by atoms with Gasteiger partial charge in [-0.15, -0.1) is 0 Å². The highest BCUT2D eigenvalue weighted by molar-refractivity contribution is 5.37. The van der Waals surface area contributed by atoms with Crippen molar-refractivity contribution in [2.24, 2.45) is 11.3 Å². The number of hydrogen-bond acceptors (Lipinski definition) is 1. The predicted octanol–water partition coefficient (Wildman–Crippen LogP) is 3.11. The first-order valence-electron chi connectivity index (χ1n) is 5.68. The summed E-state index contributed by atoms with van der Waals surface area (Å²) in [4.78, 5) is 0. The van der Waals surface area contributed by atoms with Crippen LogP contribution in [0.3, 0.4) is 0 Å². The van der Waals surface area contributed by atoms with Gasteiger partial charge in [-0.2, -0.15) is 0 Å². The second-order valence-corrected chi connectivity index (χ2v) is 5.56. The Balaban J connectivity index is 2.61. The zero-order valence-electron chi connectivity index (χ0n) is 10.0. The van der Waals surface area contributed by atoms with Crippen molar-refractivity contribution in [3.05, 3.63) is 35.4 Å². The highest BCUT2D eigenvalue weighted by atomic mass is 16.3. The molecule has 0 radical (unpaired) electrons. The fourth-order valence-corrected chi connectivity index (χ4v) is 2.59. The first-order valence-corrected chi connectivity index (χ1v) is 5.68. The third-order valence-electron chi connectivity index (χ3n) is 4.55. The Bertz CT molecular complexity index is 377. The number of hydrogen-bond donors (Lipinski definition) is 1. The van der Waals surface area contributed by atoms with Crippen molar-refractivity contribution in [1.29, 1.82) is 0 Å². The van der Waals surface area contributed by atoms with Crippen LogP contribution in [0.25, 0.3) is 0 Å². The average molecular weight is 204 g/mol. The fourth-order valence-electron chi connectivity index (χ4n) is 2.59. The molecule has 0 saturated heterocycles. The molecule has 0 fully saturated rings. The summed E-state index contributed by atoms with van der Waals surface area (Å²) in [6, 6.07) is 8.26. The van der Waals surface area contributed by atoms with Crippen molar-refractivity contribution in [1.82, 2.24) is 0 Å². The number of fused-ring (bicyclic) bond motifs is 1. The molecule has 2 unspecified atom stereocenters. The van der Waals surface area contributed by atoms with Gasteiger partial charge in [-0.1, -0.05) is 45.0 Å². The SMILES string of the molecule is CC1Cc2ccccc2C(C)(O)C1(C)C. The summed E-state index contributed by atoms with van der Waals surface area (Å²) >= 11 is 0. The van der Waals surface area contributed by atoms with Crippen molar-refractivity contribution in [2.45, 2.75) is 39.7 Å². The quantitative estimate of drug-likeness (QED) is 0.688. The molecule has 82 valence electrons. The van der Waals surface area contributed by atoms with E-state index >= 15 is 0 Å². The van der Waals surface area contributed by atoms with E-state index in [1.54, 1.807) is 0 Å². The monoisotopic (exact) mass is 204 g/mol. The van der Waals surface area contributed by atoms with Crippen molar-refractivity contribution < 1.29 is 5.11 Å². The molecule has 1 N–H and O–H groups in total. The third kappa shape index (κ3) is 1.33. The van der Waals surface area contributed by atoms with Gasteiger partial charge in [-0.25, -0.2) is 0 Å². The van der Waals surface area contributed by atoms with Crippen LogP contribution in [0.2, 0.25) is 0 Å². The standard InChI is InChI=1S/C14H20O/c1-10-9-11-7-5-6-8-12(11)14(4,15)13(10,2)3/h5-8,10,15H,9H2,1-4H3. The lowest BCUT2D eigenvalue weighted by Crippen LogP contribution is -2.48. The molecule has 0 saturated carbocycles. The van der Waals surface area contributed by atoms with Gasteiger partial charge in [0.15, 0.2) is 0 Å². The second kappa shape index (κ2) is 3.08. The molecule has 1 nitrogen and oxygen atoms in total. The van der Waals surface area contributed by atoms with Crippen LogP contribution in [0.5, 0.6) is 0 Å². The van der Waals surface area contributed by atoms with Gasteiger partial charge < -0.3 is 5.11 Å². The molecular weight excluding hydrogens is 184 g/mol. The van der Waals surface area contributed by atoms with Crippen LogP contribution in [0.1, 0.15) is 38.8 Å². The van der Waals surface area contributed by atoms with E-state index in [0.717, 1.165) is 12.0 Å². The Morgan fingerprint density at radius 3 is 2.47 bits per heavy atom. The maximum atomic E-state index is 10.7. The minimum absolute atomic E-state index is 0.0681. The zero-order valence-corrected chi connectivity index (χ0v) is 10.0. The lowest BCUT2D eigenvalue weighted by Gasteiger charge is -2.49. The van der Waals surface area contributed by atoms with E-state index < -0.39 is 5.60 Å². The molecule has 1 aromatic rings. The summed E-state index contributed by atoms with van der Waals surface area (Å²) < 4.78 is 0. The van der Waals surface area contributed by atoms with Crippen LogP contribution < -0.4 is 0 Å². The molecule has 0 amide bonds. The van der Waals surface area contributed by atoms with Crippen molar-refractivity contribution in [3.8, 4) is 0 Å². The van der Waals surface area contributed by atoms with Crippen molar-refractivity contribution in [2.75, 3.05) is 0 Å². The first-order chi connectivity index (χ1) is 6.87. The number of aliphatic hydroxyl groups is 1. The molecule has 1 aliphatic rings. The average Bonchev–Trinajstić information content (AvgIpc) is 2.16. The Morgan fingerprint density at radius 1 is 1.20 bits per heavy atom. The summed E-state index contributed by atoms with van der Waals surface area (Å²) in [7, 11) is 0. The molecule has 0 aromatic heterocycles. The Labute approximate surface area is 92.1 Å². The van der Waals surface area contributed by atoms with Crippen LogP contribution >= 0.6 is 0 Å². The van der Waals surface area contributed by atoms with Crippen LogP contribution in [0.4, 0.5) is 0 Å². The van der Waals surface area contributed by atoms with Gasteiger partial charge in [-0.3, -0.25) is 0 Å². The van der Waals surface area contributed by atoms with Crippen molar-refractivity contribution in [3.63, 3.8) is 0 Å². The summed E-state index contributed by atoms with van der Waals surface area (Å²) in [6.07, 6.45) is 1.07. The molecule has 0 spiro atoms. The van der Waals surface area contributed by atoms with E-state index in [1.165, 1.54) is 5.56 Å². The fraction of sp³-hybridized carbons (Fsp3) is 0.571. The lowest BCUT2D eigenvalue weighted by atomic mass is 9.59. The summed E-state index contributed by atoms with van der Waals surface area (Å²) in [5, 5.41) is 10.7. The molecule has 1 aliphatic carbocycles. The van der Waals surface area contributed by atoms with Gasteiger partial charge >= 0.3 is 0 Å². The summed E-state index contributed by atoms with van der Waals surface area (Å²) in [6.45, 7) is 8.49. The smallest absolute Gasteiger partial charge is 0.0924 e. The highest BCUT2D eigenvalue weighted by Gasteiger charge is 2.48. The molecule has 2 atom stereocenters. The summed E-state index contributed by atoms with van der Waals surface area (Å²) in [5.74, 6) is 0.502.